The van der Waals surface area contributed by atoms with Crippen molar-refractivity contribution in [2.24, 2.45) is 4.99 Å². The Kier molecular flexibility index (Phi) is 7.29. The fraction of sp³-hybridized carbons (Fsp3) is 0.208. The summed E-state index contributed by atoms with van der Waals surface area (Å²) in [5.41, 5.74) is 1.48. The Morgan fingerprint density at radius 2 is 2.06 bits per heavy atom. The molecule has 0 fully saturated rings. The molecule has 0 spiro atoms. The first-order chi connectivity index (χ1) is 16.8. The van der Waals surface area contributed by atoms with Crippen LogP contribution in [0.5, 0.6) is 0 Å². The summed E-state index contributed by atoms with van der Waals surface area (Å²) >= 11 is 2.33. The highest BCUT2D eigenvalue weighted by Crippen LogP contribution is 2.31. The number of aromatic nitrogens is 1. The Bertz CT molecular complexity index is 1510. The Hall–Kier alpha value is -3.54. The summed E-state index contributed by atoms with van der Waals surface area (Å²) in [7, 11) is 1.28. The van der Waals surface area contributed by atoms with Gasteiger partial charge in [0.25, 0.3) is 11.2 Å². The zero-order valence-corrected chi connectivity index (χ0v) is 20.5. The largest absolute Gasteiger partial charge is 0.466 e. The Labute approximate surface area is 207 Å². The van der Waals surface area contributed by atoms with Crippen LogP contribution in [0, 0.1) is 10.1 Å². The van der Waals surface area contributed by atoms with Gasteiger partial charge >= 0.3 is 5.97 Å². The van der Waals surface area contributed by atoms with Gasteiger partial charge in [-0.25, -0.2) is 9.79 Å². The maximum absolute atomic E-state index is 13.5. The number of carbonyl (C=O) groups excluding carboxylic acids is 1. The molecule has 0 radical (unpaired) electrons. The predicted molar refractivity (Wildman–Crippen MR) is 133 cm³/mol. The number of hydrogen-bond donors (Lipinski definition) is 1. The lowest BCUT2D eigenvalue weighted by Gasteiger charge is -2.24. The van der Waals surface area contributed by atoms with Crippen molar-refractivity contribution in [3.05, 3.63) is 101 Å². The number of carbonyl (C=O) groups is 1. The van der Waals surface area contributed by atoms with Crippen molar-refractivity contribution in [3.8, 4) is 0 Å². The number of aliphatic hydroxyl groups is 1. The van der Waals surface area contributed by atoms with Gasteiger partial charge in [0, 0.05) is 11.8 Å². The van der Waals surface area contributed by atoms with E-state index in [0.29, 0.717) is 31.2 Å². The molecule has 1 N–H and O–H groups in total. The summed E-state index contributed by atoms with van der Waals surface area (Å²) in [6.07, 6.45) is 1.58. The van der Waals surface area contributed by atoms with Gasteiger partial charge in [0.2, 0.25) is 0 Å². The molecular weight excluding hydrogens is 490 g/mol. The van der Waals surface area contributed by atoms with E-state index in [4.69, 9.17) is 9.84 Å². The quantitative estimate of drug-likeness (QED) is 0.224. The number of rotatable bonds is 7. The topological polar surface area (TPSA) is 124 Å². The van der Waals surface area contributed by atoms with Gasteiger partial charge in [0.05, 0.1) is 45.4 Å². The van der Waals surface area contributed by atoms with E-state index in [0.717, 1.165) is 16.9 Å². The lowest BCUT2D eigenvalue weighted by Crippen LogP contribution is -2.39. The van der Waals surface area contributed by atoms with Crippen molar-refractivity contribution in [2.45, 2.75) is 17.9 Å². The molecule has 0 saturated heterocycles. The number of methoxy groups -OCH3 is 1. The van der Waals surface area contributed by atoms with Crippen LogP contribution in [0.25, 0.3) is 6.08 Å². The third-order valence-electron chi connectivity index (χ3n) is 5.37. The van der Waals surface area contributed by atoms with E-state index in [2.05, 4.69) is 4.99 Å². The number of esters is 1. The van der Waals surface area contributed by atoms with Crippen LogP contribution >= 0.6 is 23.1 Å². The van der Waals surface area contributed by atoms with Gasteiger partial charge in [-0.2, -0.15) is 0 Å². The number of nitro benzene ring substituents is 1. The molecule has 0 amide bonds. The summed E-state index contributed by atoms with van der Waals surface area (Å²) in [5, 5.41) is 20.6. The maximum atomic E-state index is 13.5. The van der Waals surface area contributed by atoms with E-state index in [-0.39, 0.29) is 23.4 Å². The monoisotopic (exact) mass is 511 g/mol. The van der Waals surface area contributed by atoms with Crippen LogP contribution in [-0.4, -0.2) is 40.0 Å². The van der Waals surface area contributed by atoms with E-state index in [1.165, 1.54) is 29.5 Å². The molecule has 0 bridgehead atoms. The fourth-order valence-corrected chi connectivity index (χ4v) is 5.64. The summed E-state index contributed by atoms with van der Waals surface area (Å²) in [5.74, 6) is -0.235. The standard InChI is InChI=1S/C24H21N3O6S2/c1-14-20(23(30)33-2)21(16-6-4-3-5-7-16)26-22(29)19(35-24(26)25-14)13-15-8-9-18(34-11-10-28)17(12-15)27(31)32/h3-9,12-13,21,28H,10-11H2,1-2H3. The van der Waals surface area contributed by atoms with Crippen molar-refractivity contribution >= 4 is 40.8 Å². The second-order valence-electron chi connectivity index (χ2n) is 7.54. The zero-order chi connectivity index (χ0) is 25.1. The molecule has 1 atom stereocenters. The van der Waals surface area contributed by atoms with Gasteiger partial charge in [-0.05, 0) is 30.2 Å². The van der Waals surface area contributed by atoms with Crippen molar-refractivity contribution < 1.29 is 19.6 Å². The smallest absolute Gasteiger partial charge is 0.338 e. The third kappa shape index (κ3) is 4.83. The minimum absolute atomic E-state index is 0.0969. The highest BCUT2D eigenvalue weighted by molar-refractivity contribution is 7.99. The molecule has 35 heavy (non-hydrogen) atoms. The number of fused-ring (bicyclic) bond motifs is 1. The second kappa shape index (κ2) is 10.4. The molecule has 9 nitrogen and oxygen atoms in total. The highest BCUT2D eigenvalue weighted by Gasteiger charge is 2.32. The first-order valence-electron chi connectivity index (χ1n) is 10.5. The molecule has 4 rings (SSSR count). The van der Waals surface area contributed by atoms with Crippen LogP contribution in [0.1, 0.15) is 24.1 Å². The first-order valence-corrected chi connectivity index (χ1v) is 12.3. The normalized spacial score (nSPS) is 15.5. The number of nitrogens with zero attached hydrogens (tertiary/aromatic N) is 3. The lowest BCUT2D eigenvalue weighted by molar-refractivity contribution is -0.387. The third-order valence-corrected chi connectivity index (χ3v) is 7.39. The predicted octanol–water partition coefficient (Wildman–Crippen LogP) is 2.40. The van der Waals surface area contributed by atoms with Crippen molar-refractivity contribution in [1.82, 2.24) is 4.57 Å². The summed E-state index contributed by atoms with van der Waals surface area (Å²) in [6, 6.07) is 13.1. The Balaban J connectivity index is 1.88. The van der Waals surface area contributed by atoms with Crippen LogP contribution in [0.2, 0.25) is 0 Å². The molecule has 1 unspecified atom stereocenters. The van der Waals surface area contributed by atoms with Crippen LogP contribution in [0.4, 0.5) is 5.69 Å². The number of thioether (sulfide) groups is 1. The summed E-state index contributed by atoms with van der Waals surface area (Å²) in [4.78, 5) is 42.6. The molecule has 3 aromatic rings. The maximum Gasteiger partial charge on any atom is 0.338 e. The number of thiazole rings is 1. The van der Waals surface area contributed by atoms with E-state index < -0.39 is 16.9 Å². The molecule has 1 aromatic heterocycles. The van der Waals surface area contributed by atoms with Crippen LogP contribution in [0.15, 0.2) is 74.5 Å². The van der Waals surface area contributed by atoms with Gasteiger partial charge in [-0.3, -0.25) is 19.5 Å². The molecule has 2 heterocycles. The first kappa shape index (κ1) is 24.6. The number of benzene rings is 2. The fourth-order valence-electron chi connectivity index (χ4n) is 3.84. The van der Waals surface area contributed by atoms with Crippen LogP contribution in [-0.2, 0) is 9.53 Å². The highest BCUT2D eigenvalue weighted by atomic mass is 32.2. The zero-order valence-electron chi connectivity index (χ0n) is 18.8. The van der Waals surface area contributed by atoms with E-state index >= 15 is 0 Å². The minimum Gasteiger partial charge on any atom is -0.466 e. The number of ether oxygens (including phenoxy) is 1. The molecule has 0 aliphatic carbocycles. The number of aliphatic hydroxyl groups excluding tert-OH is 1. The van der Waals surface area contributed by atoms with Crippen molar-refractivity contribution in [3.63, 3.8) is 0 Å². The molecule has 180 valence electrons. The van der Waals surface area contributed by atoms with Gasteiger partial charge in [-0.1, -0.05) is 47.7 Å². The van der Waals surface area contributed by atoms with Crippen LogP contribution in [0.3, 0.4) is 0 Å². The Morgan fingerprint density at radius 3 is 2.71 bits per heavy atom. The Morgan fingerprint density at radius 1 is 1.31 bits per heavy atom. The van der Waals surface area contributed by atoms with Gasteiger partial charge in [-0.15, -0.1) is 11.8 Å². The summed E-state index contributed by atoms with van der Waals surface area (Å²) in [6.45, 7) is 1.60. The van der Waals surface area contributed by atoms with E-state index in [9.17, 15) is 19.7 Å². The molecule has 11 heteroatoms. The average Bonchev–Trinajstić information content (AvgIpc) is 3.16. The molecular formula is C24H21N3O6S2. The molecule has 0 saturated carbocycles. The van der Waals surface area contributed by atoms with Crippen LogP contribution < -0.4 is 14.9 Å². The van der Waals surface area contributed by atoms with Gasteiger partial charge < -0.3 is 9.84 Å². The van der Waals surface area contributed by atoms with Gasteiger partial charge in [0.15, 0.2) is 4.80 Å². The van der Waals surface area contributed by atoms with E-state index in [1.54, 1.807) is 25.1 Å². The molecule has 1 aliphatic heterocycles. The minimum atomic E-state index is -0.714. The lowest BCUT2D eigenvalue weighted by atomic mass is 9.96. The summed E-state index contributed by atoms with van der Waals surface area (Å²) < 4.78 is 6.78. The van der Waals surface area contributed by atoms with Gasteiger partial charge in [0.1, 0.15) is 0 Å². The number of hydrogen-bond acceptors (Lipinski definition) is 9. The second-order valence-corrected chi connectivity index (χ2v) is 9.69. The average molecular weight is 512 g/mol. The molecule has 2 aromatic carbocycles. The van der Waals surface area contributed by atoms with Crippen molar-refractivity contribution in [1.29, 1.82) is 0 Å². The number of nitro groups is 1. The SMILES string of the molecule is COC(=O)C1=C(C)N=c2sc(=Cc3ccc(SCCO)c([N+](=O)[O-])c3)c(=O)n2C1c1ccccc1. The van der Waals surface area contributed by atoms with E-state index in [1.807, 2.05) is 30.3 Å². The number of allylic oxidation sites excluding steroid dienone is 1. The molecule has 1 aliphatic rings. The van der Waals surface area contributed by atoms with Crippen molar-refractivity contribution in [2.75, 3.05) is 19.5 Å².